The number of ether oxygens (including phenoxy) is 1. The highest BCUT2D eigenvalue weighted by Crippen LogP contribution is 2.31. The van der Waals surface area contributed by atoms with Crippen molar-refractivity contribution in [3.63, 3.8) is 0 Å². The Hall–Kier alpha value is -1.80. The molecule has 0 saturated heterocycles. The molecule has 0 saturated carbocycles. The number of nitrogens with one attached hydrogen (secondary N) is 1. The lowest BCUT2D eigenvalue weighted by atomic mass is 9.89. The van der Waals surface area contributed by atoms with Crippen LogP contribution < -0.4 is 10.1 Å². The largest absolute Gasteiger partial charge is 0.497 e. The second-order valence-corrected chi connectivity index (χ2v) is 5.04. The molecule has 3 rings (SSSR count). The summed E-state index contributed by atoms with van der Waals surface area (Å²) in [5.74, 6) is 0.909. The maximum absolute atomic E-state index is 5.23. The standard InChI is InChI=1S/C17H19NO/c1-12-3-8-15(16-9-10-18-11-17(12)16)13-4-6-14(19-2)7-5-13/h3-8,18H,9-11H2,1-2H3. The first-order chi connectivity index (χ1) is 9.29. The van der Waals surface area contributed by atoms with E-state index in [1.807, 2.05) is 12.1 Å². The normalized spacial score (nSPS) is 14.0. The molecule has 0 bridgehead atoms. The Morgan fingerprint density at radius 1 is 1.00 bits per heavy atom. The van der Waals surface area contributed by atoms with Gasteiger partial charge in [0.25, 0.3) is 0 Å². The van der Waals surface area contributed by atoms with Crippen molar-refractivity contribution in [1.82, 2.24) is 5.32 Å². The molecule has 2 aromatic carbocycles. The van der Waals surface area contributed by atoms with E-state index >= 15 is 0 Å². The van der Waals surface area contributed by atoms with Crippen LogP contribution in [-0.4, -0.2) is 13.7 Å². The highest BCUT2D eigenvalue weighted by molar-refractivity contribution is 5.70. The van der Waals surface area contributed by atoms with E-state index in [9.17, 15) is 0 Å². The molecule has 0 spiro atoms. The van der Waals surface area contributed by atoms with Crippen LogP contribution in [0.25, 0.3) is 11.1 Å². The van der Waals surface area contributed by atoms with Gasteiger partial charge in [0.05, 0.1) is 7.11 Å². The SMILES string of the molecule is COc1ccc(-c2ccc(C)c3c2CCNC3)cc1. The number of hydrogen-bond acceptors (Lipinski definition) is 2. The number of fused-ring (bicyclic) bond motifs is 1. The summed E-state index contributed by atoms with van der Waals surface area (Å²) in [5.41, 5.74) is 7.01. The van der Waals surface area contributed by atoms with E-state index in [0.717, 1.165) is 25.3 Å². The maximum atomic E-state index is 5.23. The third-order valence-electron chi connectivity index (χ3n) is 3.92. The zero-order valence-electron chi connectivity index (χ0n) is 11.5. The summed E-state index contributed by atoms with van der Waals surface area (Å²) in [5, 5.41) is 3.46. The number of hydrogen-bond donors (Lipinski definition) is 1. The average Bonchev–Trinajstić information content (AvgIpc) is 2.48. The Balaban J connectivity index is 2.09. The van der Waals surface area contributed by atoms with Crippen LogP contribution in [0, 0.1) is 6.92 Å². The van der Waals surface area contributed by atoms with Crippen LogP contribution in [0.3, 0.4) is 0 Å². The number of rotatable bonds is 2. The van der Waals surface area contributed by atoms with Crippen molar-refractivity contribution in [2.45, 2.75) is 19.9 Å². The van der Waals surface area contributed by atoms with Gasteiger partial charge < -0.3 is 10.1 Å². The molecule has 1 aliphatic heterocycles. The van der Waals surface area contributed by atoms with E-state index in [1.54, 1.807) is 7.11 Å². The molecule has 0 unspecified atom stereocenters. The molecular weight excluding hydrogens is 234 g/mol. The van der Waals surface area contributed by atoms with Crippen molar-refractivity contribution in [2.75, 3.05) is 13.7 Å². The van der Waals surface area contributed by atoms with Crippen LogP contribution in [-0.2, 0) is 13.0 Å². The van der Waals surface area contributed by atoms with Gasteiger partial charge in [0.15, 0.2) is 0 Å². The van der Waals surface area contributed by atoms with Gasteiger partial charge in [0, 0.05) is 6.54 Å². The summed E-state index contributed by atoms with van der Waals surface area (Å²) in [6.07, 6.45) is 1.11. The lowest BCUT2D eigenvalue weighted by Crippen LogP contribution is -2.25. The fourth-order valence-electron chi connectivity index (χ4n) is 2.81. The Labute approximate surface area is 114 Å². The molecular formula is C17H19NO. The van der Waals surface area contributed by atoms with Crippen molar-refractivity contribution in [3.8, 4) is 16.9 Å². The van der Waals surface area contributed by atoms with Crippen molar-refractivity contribution in [2.24, 2.45) is 0 Å². The minimum atomic E-state index is 0.909. The minimum absolute atomic E-state index is 0.909. The van der Waals surface area contributed by atoms with Crippen LogP contribution >= 0.6 is 0 Å². The van der Waals surface area contributed by atoms with Gasteiger partial charge in [-0.1, -0.05) is 24.3 Å². The molecule has 2 aromatic rings. The third-order valence-corrected chi connectivity index (χ3v) is 3.92. The van der Waals surface area contributed by atoms with Crippen molar-refractivity contribution in [1.29, 1.82) is 0 Å². The molecule has 0 radical (unpaired) electrons. The summed E-state index contributed by atoms with van der Waals surface area (Å²) in [6, 6.07) is 12.8. The van der Waals surface area contributed by atoms with E-state index in [1.165, 1.54) is 27.8 Å². The van der Waals surface area contributed by atoms with Gasteiger partial charge in [-0.25, -0.2) is 0 Å². The van der Waals surface area contributed by atoms with E-state index in [4.69, 9.17) is 4.74 Å². The lowest BCUT2D eigenvalue weighted by molar-refractivity contribution is 0.415. The zero-order valence-corrected chi connectivity index (χ0v) is 11.5. The molecule has 2 heteroatoms. The van der Waals surface area contributed by atoms with E-state index in [2.05, 4.69) is 36.5 Å². The van der Waals surface area contributed by atoms with Crippen LogP contribution in [0.2, 0.25) is 0 Å². The van der Waals surface area contributed by atoms with Crippen molar-refractivity contribution >= 4 is 0 Å². The zero-order chi connectivity index (χ0) is 13.2. The first kappa shape index (κ1) is 12.2. The predicted molar refractivity (Wildman–Crippen MR) is 78.6 cm³/mol. The van der Waals surface area contributed by atoms with E-state index < -0.39 is 0 Å². The molecule has 1 N–H and O–H groups in total. The average molecular weight is 253 g/mol. The summed E-state index contributed by atoms with van der Waals surface area (Å²) in [7, 11) is 1.70. The van der Waals surface area contributed by atoms with Gasteiger partial charge in [0.2, 0.25) is 0 Å². The molecule has 1 heterocycles. The molecule has 0 aliphatic carbocycles. The van der Waals surface area contributed by atoms with Gasteiger partial charge in [-0.15, -0.1) is 0 Å². The topological polar surface area (TPSA) is 21.3 Å². The highest BCUT2D eigenvalue weighted by atomic mass is 16.5. The monoisotopic (exact) mass is 253 g/mol. The number of aryl methyl sites for hydroxylation is 1. The number of benzene rings is 2. The van der Waals surface area contributed by atoms with Gasteiger partial charge in [-0.2, -0.15) is 0 Å². The maximum Gasteiger partial charge on any atom is 0.118 e. The molecule has 0 fully saturated rings. The van der Waals surface area contributed by atoms with Gasteiger partial charge in [0.1, 0.15) is 5.75 Å². The predicted octanol–water partition coefficient (Wildman–Crippen LogP) is 3.32. The first-order valence-corrected chi connectivity index (χ1v) is 6.76. The second kappa shape index (κ2) is 5.06. The fraction of sp³-hybridized carbons (Fsp3) is 0.294. The van der Waals surface area contributed by atoms with Crippen LogP contribution in [0.4, 0.5) is 0 Å². The van der Waals surface area contributed by atoms with Crippen LogP contribution in [0.5, 0.6) is 5.75 Å². The molecule has 19 heavy (non-hydrogen) atoms. The van der Waals surface area contributed by atoms with Crippen LogP contribution in [0.15, 0.2) is 36.4 Å². The van der Waals surface area contributed by atoms with E-state index in [-0.39, 0.29) is 0 Å². The molecule has 1 aliphatic rings. The van der Waals surface area contributed by atoms with Crippen molar-refractivity contribution in [3.05, 3.63) is 53.1 Å². The molecule has 2 nitrogen and oxygen atoms in total. The van der Waals surface area contributed by atoms with Crippen molar-refractivity contribution < 1.29 is 4.74 Å². The molecule has 0 atom stereocenters. The minimum Gasteiger partial charge on any atom is -0.497 e. The second-order valence-electron chi connectivity index (χ2n) is 5.04. The third kappa shape index (κ3) is 2.24. The Bertz CT molecular complexity index is 587. The number of methoxy groups -OCH3 is 1. The quantitative estimate of drug-likeness (QED) is 0.886. The summed E-state index contributed by atoms with van der Waals surface area (Å²) in [4.78, 5) is 0. The summed E-state index contributed by atoms with van der Waals surface area (Å²) < 4.78 is 5.23. The van der Waals surface area contributed by atoms with Gasteiger partial charge in [-0.3, -0.25) is 0 Å². The lowest BCUT2D eigenvalue weighted by Gasteiger charge is -2.22. The fourth-order valence-corrected chi connectivity index (χ4v) is 2.81. The smallest absolute Gasteiger partial charge is 0.118 e. The van der Waals surface area contributed by atoms with Gasteiger partial charge in [-0.05, 0) is 59.8 Å². The Morgan fingerprint density at radius 2 is 1.79 bits per heavy atom. The summed E-state index contributed by atoms with van der Waals surface area (Å²) in [6.45, 7) is 4.26. The first-order valence-electron chi connectivity index (χ1n) is 6.76. The molecule has 0 aromatic heterocycles. The summed E-state index contributed by atoms with van der Waals surface area (Å²) >= 11 is 0. The molecule has 0 amide bonds. The Morgan fingerprint density at radius 3 is 2.53 bits per heavy atom. The highest BCUT2D eigenvalue weighted by Gasteiger charge is 2.15. The molecule has 98 valence electrons. The van der Waals surface area contributed by atoms with Crippen LogP contribution in [0.1, 0.15) is 16.7 Å². The van der Waals surface area contributed by atoms with E-state index in [0.29, 0.717) is 0 Å². The Kier molecular flexibility index (Phi) is 3.26. The van der Waals surface area contributed by atoms with Gasteiger partial charge >= 0.3 is 0 Å².